The van der Waals surface area contributed by atoms with Crippen LogP contribution in [0.3, 0.4) is 0 Å². The lowest BCUT2D eigenvalue weighted by molar-refractivity contribution is -0.141. The third kappa shape index (κ3) is 3.36. The van der Waals surface area contributed by atoms with Crippen LogP contribution in [0.25, 0.3) is 0 Å². The molecule has 0 unspecified atom stereocenters. The highest BCUT2D eigenvalue weighted by Crippen LogP contribution is 2.32. The van der Waals surface area contributed by atoms with Gasteiger partial charge >= 0.3 is 6.18 Å². The highest BCUT2D eigenvalue weighted by Gasteiger charge is 2.41. The summed E-state index contributed by atoms with van der Waals surface area (Å²) in [5.74, 6) is -0.628. The minimum atomic E-state index is -4.39. The molecule has 7 heteroatoms. The Kier molecular flexibility index (Phi) is 3.64. The lowest BCUT2D eigenvalue weighted by Crippen LogP contribution is -2.40. The maximum Gasteiger partial charge on any atom is 0.406 e. The van der Waals surface area contributed by atoms with E-state index in [4.69, 9.17) is 0 Å². The molecule has 19 heavy (non-hydrogen) atoms. The van der Waals surface area contributed by atoms with E-state index in [-0.39, 0.29) is 11.6 Å². The Bertz CT molecular complexity index is 472. The number of nitrogens with zero attached hydrogens (tertiary/aromatic N) is 2. The predicted octanol–water partition coefficient (Wildman–Crippen LogP) is 2.29. The van der Waals surface area contributed by atoms with Crippen molar-refractivity contribution in [3.05, 3.63) is 24.0 Å². The Morgan fingerprint density at radius 1 is 1.53 bits per heavy atom. The van der Waals surface area contributed by atoms with Crippen molar-refractivity contribution in [2.45, 2.75) is 25.1 Å². The van der Waals surface area contributed by atoms with Gasteiger partial charge in [-0.15, -0.1) is 0 Å². The number of amides is 1. The second-order valence-corrected chi connectivity index (χ2v) is 4.45. The van der Waals surface area contributed by atoms with Crippen LogP contribution in [0.2, 0.25) is 0 Å². The Hall–Kier alpha value is -1.79. The Balaban J connectivity index is 2.24. The molecule has 0 aliphatic heterocycles. The fourth-order valence-electron chi connectivity index (χ4n) is 1.88. The van der Waals surface area contributed by atoms with Crippen molar-refractivity contribution in [3.63, 3.8) is 0 Å². The smallest absolute Gasteiger partial charge is 0.387 e. The highest BCUT2D eigenvalue weighted by molar-refractivity contribution is 5.99. The van der Waals surface area contributed by atoms with Crippen LogP contribution in [0.15, 0.2) is 18.5 Å². The van der Waals surface area contributed by atoms with Crippen molar-refractivity contribution >= 4 is 11.6 Å². The molecule has 1 fully saturated rings. The van der Waals surface area contributed by atoms with E-state index in [1.807, 2.05) is 0 Å². The summed E-state index contributed by atoms with van der Waals surface area (Å²) < 4.78 is 37.6. The number of alkyl halides is 3. The van der Waals surface area contributed by atoms with E-state index in [0.29, 0.717) is 18.5 Å². The second-order valence-electron chi connectivity index (χ2n) is 4.45. The van der Waals surface area contributed by atoms with Crippen LogP contribution < -0.4 is 5.32 Å². The standard InChI is InChI=1S/C12H14F3N3O/c1-16-10-4-5-17-6-9(10)11(19)18(8-2-3-8)7-12(13,14)15/h4-6,8H,2-3,7H2,1H3,(H,16,17). The largest absolute Gasteiger partial charge is 0.406 e. The van der Waals surface area contributed by atoms with Crippen molar-refractivity contribution < 1.29 is 18.0 Å². The zero-order chi connectivity index (χ0) is 14.0. The summed E-state index contributed by atoms with van der Waals surface area (Å²) in [5.41, 5.74) is 0.647. The molecule has 2 rings (SSSR count). The van der Waals surface area contributed by atoms with E-state index in [9.17, 15) is 18.0 Å². The van der Waals surface area contributed by atoms with Crippen molar-refractivity contribution in [3.8, 4) is 0 Å². The van der Waals surface area contributed by atoms with Crippen molar-refractivity contribution in [1.29, 1.82) is 0 Å². The molecule has 1 N–H and O–H groups in total. The highest BCUT2D eigenvalue weighted by atomic mass is 19.4. The number of hydrogen-bond donors (Lipinski definition) is 1. The van der Waals surface area contributed by atoms with E-state index in [1.165, 1.54) is 12.4 Å². The van der Waals surface area contributed by atoms with E-state index in [2.05, 4.69) is 10.3 Å². The van der Waals surface area contributed by atoms with Gasteiger partial charge in [-0.25, -0.2) is 0 Å². The Labute approximate surface area is 108 Å². The van der Waals surface area contributed by atoms with Gasteiger partial charge in [0.15, 0.2) is 0 Å². The topological polar surface area (TPSA) is 45.2 Å². The third-order valence-corrected chi connectivity index (χ3v) is 2.92. The molecule has 0 bridgehead atoms. The molecule has 1 amide bonds. The van der Waals surface area contributed by atoms with Gasteiger partial charge in [-0.05, 0) is 18.9 Å². The van der Waals surface area contributed by atoms with E-state index < -0.39 is 18.6 Å². The number of halogens is 3. The van der Waals surface area contributed by atoms with Crippen LogP contribution in [-0.2, 0) is 0 Å². The number of nitrogens with one attached hydrogen (secondary N) is 1. The number of pyridine rings is 1. The minimum absolute atomic E-state index is 0.168. The summed E-state index contributed by atoms with van der Waals surface area (Å²) in [4.78, 5) is 16.9. The molecular formula is C12H14F3N3O. The fraction of sp³-hybridized carbons (Fsp3) is 0.500. The van der Waals surface area contributed by atoms with Crippen LogP contribution in [0.5, 0.6) is 0 Å². The third-order valence-electron chi connectivity index (χ3n) is 2.92. The molecule has 4 nitrogen and oxygen atoms in total. The average Bonchev–Trinajstić information content (AvgIpc) is 3.18. The molecule has 104 valence electrons. The van der Waals surface area contributed by atoms with Crippen LogP contribution in [0, 0.1) is 0 Å². The molecule has 0 aromatic carbocycles. The quantitative estimate of drug-likeness (QED) is 0.915. The van der Waals surface area contributed by atoms with Gasteiger partial charge in [0.25, 0.3) is 5.91 Å². The average molecular weight is 273 g/mol. The maximum absolute atomic E-state index is 12.5. The van der Waals surface area contributed by atoms with Gasteiger partial charge in [-0.2, -0.15) is 13.2 Å². The van der Waals surface area contributed by atoms with E-state index in [1.54, 1.807) is 13.1 Å². The first-order chi connectivity index (χ1) is 8.92. The first-order valence-electron chi connectivity index (χ1n) is 5.92. The zero-order valence-electron chi connectivity index (χ0n) is 10.4. The van der Waals surface area contributed by atoms with Crippen LogP contribution in [0.4, 0.5) is 18.9 Å². The molecule has 1 saturated carbocycles. The lowest BCUT2D eigenvalue weighted by atomic mass is 10.2. The van der Waals surface area contributed by atoms with Crippen LogP contribution in [-0.4, -0.2) is 41.6 Å². The fourth-order valence-corrected chi connectivity index (χ4v) is 1.88. The molecule has 0 saturated heterocycles. The number of aromatic nitrogens is 1. The summed E-state index contributed by atoms with van der Waals surface area (Å²) in [6, 6.07) is 1.25. The van der Waals surface area contributed by atoms with Gasteiger partial charge in [-0.1, -0.05) is 0 Å². The van der Waals surface area contributed by atoms with Gasteiger partial charge in [0.05, 0.1) is 5.56 Å². The van der Waals surface area contributed by atoms with Gasteiger partial charge in [0, 0.05) is 31.2 Å². The van der Waals surface area contributed by atoms with Gasteiger partial charge < -0.3 is 10.2 Å². The van der Waals surface area contributed by atoms with Gasteiger partial charge in [-0.3, -0.25) is 9.78 Å². The molecule has 1 heterocycles. The molecule has 1 aromatic rings. The molecular weight excluding hydrogens is 259 g/mol. The second kappa shape index (κ2) is 5.07. The first kappa shape index (κ1) is 13.6. The number of carbonyl (C=O) groups is 1. The number of rotatable bonds is 4. The molecule has 1 aromatic heterocycles. The monoisotopic (exact) mass is 273 g/mol. The number of anilines is 1. The Morgan fingerprint density at radius 2 is 2.21 bits per heavy atom. The minimum Gasteiger partial charge on any atom is -0.387 e. The predicted molar refractivity (Wildman–Crippen MR) is 63.9 cm³/mol. The summed E-state index contributed by atoms with van der Waals surface area (Å²) >= 11 is 0. The molecule has 0 radical (unpaired) electrons. The molecule has 0 spiro atoms. The summed E-state index contributed by atoms with van der Waals surface area (Å²) in [7, 11) is 1.61. The van der Waals surface area contributed by atoms with Gasteiger partial charge in [0.2, 0.25) is 0 Å². The van der Waals surface area contributed by atoms with Crippen molar-refractivity contribution in [1.82, 2.24) is 9.88 Å². The summed E-state index contributed by atoms with van der Waals surface area (Å²) in [6.45, 7) is -1.21. The Morgan fingerprint density at radius 3 is 2.74 bits per heavy atom. The summed E-state index contributed by atoms with van der Waals surface area (Å²) in [6.07, 6.45) is -0.373. The van der Waals surface area contributed by atoms with Crippen LogP contribution in [0.1, 0.15) is 23.2 Å². The normalized spacial score (nSPS) is 15.2. The van der Waals surface area contributed by atoms with Crippen molar-refractivity contribution in [2.24, 2.45) is 0 Å². The zero-order valence-corrected chi connectivity index (χ0v) is 10.4. The SMILES string of the molecule is CNc1ccncc1C(=O)N(CC(F)(F)F)C1CC1. The number of carbonyl (C=O) groups excluding carboxylic acids is 1. The van der Waals surface area contributed by atoms with E-state index in [0.717, 1.165) is 4.90 Å². The summed E-state index contributed by atoms with van der Waals surface area (Å²) in [5, 5.41) is 2.78. The van der Waals surface area contributed by atoms with E-state index >= 15 is 0 Å². The molecule has 0 atom stereocenters. The molecule has 1 aliphatic rings. The number of hydrogen-bond acceptors (Lipinski definition) is 3. The van der Waals surface area contributed by atoms with Crippen molar-refractivity contribution in [2.75, 3.05) is 18.9 Å². The van der Waals surface area contributed by atoms with Crippen LogP contribution >= 0.6 is 0 Å². The maximum atomic E-state index is 12.5. The lowest BCUT2D eigenvalue weighted by Gasteiger charge is -2.24. The van der Waals surface area contributed by atoms with Gasteiger partial charge in [0.1, 0.15) is 6.54 Å². The first-order valence-corrected chi connectivity index (χ1v) is 5.92. The molecule has 1 aliphatic carbocycles.